The van der Waals surface area contributed by atoms with Crippen LogP contribution in [0.25, 0.3) is 0 Å². The molecular formula is C16H32N2O2. The van der Waals surface area contributed by atoms with Crippen LogP contribution in [0.1, 0.15) is 77.0 Å². The molecule has 0 saturated carbocycles. The molecule has 0 aromatic heterocycles. The molecule has 0 atom stereocenters. The van der Waals surface area contributed by atoms with E-state index in [1.165, 1.54) is 12.8 Å². The molecule has 0 aromatic rings. The van der Waals surface area contributed by atoms with Crippen molar-refractivity contribution in [1.82, 2.24) is 5.32 Å². The van der Waals surface area contributed by atoms with Gasteiger partial charge in [0.1, 0.15) is 6.29 Å². The molecule has 1 amide bonds. The Hall–Kier alpha value is -0.900. The van der Waals surface area contributed by atoms with Gasteiger partial charge in [0.2, 0.25) is 5.91 Å². The molecule has 0 aliphatic heterocycles. The standard InChI is InChI=1S/C16H32N2O2/c17-13-9-5-6-10-14-18-16(20)12-8-4-2-1-3-7-11-15-19/h15H,1-14,17H2,(H,18,20). The van der Waals surface area contributed by atoms with Crippen molar-refractivity contribution in [3.63, 3.8) is 0 Å². The van der Waals surface area contributed by atoms with Crippen LogP contribution in [-0.2, 0) is 9.59 Å². The molecule has 3 N–H and O–H groups in total. The van der Waals surface area contributed by atoms with E-state index in [9.17, 15) is 9.59 Å². The fraction of sp³-hybridized carbons (Fsp3) is 0.875. The minimum atomic E-state index is 0.185. The molecule has 0 radical (unpaired) electrons. The quantitative estimate of drug-likeness (QED) is 0.359. The van der Waals surface area contributed by atoms with Crippen LogP contribution in [0.15, 0.2) is 0 Å². The van der Waals surface area contributed by atoms with Crippen LogP contribution < -0.4 is 11.1 Å². The van der Waals surface area contributed by atoms with Crippen LogP contribution in [0.4, 0.5) is 0 Å². The first-order valence-electron chi connectivity index (χ1n) is 8.21. The summed E-state index contributed by atoms with van der Waals surface area (Å²) in [6.45, 7) is 1.57. The Morgan fingerprint density at radius 2 is 1.45 bits per heavy atom. The highest BCUT2D eigenvalue weighted by molar-refractivity contribution is 5.75. The summed E-state index contributed by atoms with van der Waals surface area (Å²) in [6.07, 6.45) is 13.4. The largest absolute Gasteiger partial charge is 0.356 e. The number of unbranched alkanes of at least 4 members (excludes halogenated alkanes) is 9. The van der Waals surface area contributed by atoms with E-state index in [0.29, 0.717) is 12.8 Å². The maximum atomic E-state index is 11.5. The van der Waals surface area contributed by atoms with E-state index >= 15 is 0 Å². The van der Waals surface area contributed by atoms with Gasteiger partial charge in [-0.25, -0.2) is 0 Å². The van der Waals surface area contributed by atoms with Crippen LogP contribution in [0.2, 0.25) is 0 Å². The van der Waals surface area contributed by atoms with E-state index in [4.69, 9.17) is 5.73 Å². The zero-order chi connectivity index (χ0) is 14.9. The Morgan fingerprint density at radius 3 is 2.15 bits per heavy atom. The number of aldehydes is 1. The average Bonchev–Trinajstić information content (AvgIpc) is 2.45. The second-order valence-electron chi connectivity index (χ2n) is 5.38. The molecule has 0 bridgehead atoms. The summed E-state index contributed by atoms with van der Waals surface area (Å²) in [4.78, 5) is 21.7. The molecule has 0 aromatic carbocycles. The smallest absolute Gasteiger partial charge is 0.219 e. The average molecular weight is 284 g/mol. The number of hydrogen-bond donors (Lipinski definition) is 2. The van der Waals surface area contributed by atoms with Gasteiger partial charge >= 0.3 is 0 Å². The van der Waals surface area contributed by atoms with E-state index < -0.39 is 0 Å². The monoisotopic (exact) mass is 284 g/mol. The molecule has 0 unspecified atom stereocenters. The molecule has 4 nitrogen and oxygen atoms in total. The van der Waals surface area contributed by atoms with Crippen molar-refractivity contribution in [2.24, 2.45) is 5.73 Å². The van der Waals surface area contributed by atoms with Gasteiger partial charge in [-0.2, -0.15) is 0 Å². The number of carbonyl (C=O) groups excluding carboxylic acids is 2. The summed E-state index contributed by atoms with van der Waals surface area (Å²) < 4.78 is 0. The number of rotatable bonds is 15. The lowest BCUT2D eigenvalue weighted by molar-refractivity contribution is -0.121. The van der Waals surface area contributed by atoms with Gasteiger partial charge in [0.05, 0.1) is 0 Å². The minimum Gasteiger partial charge on any atom is -0.356 e. The third kappa shape index (κ3) is 15.2. The normalized spacial score (nSPS) is 10.4. The lowest BCUT2D eigenvalue weighted by atomic mass is 10.1. The fourth-order valence-corrected chi connectivity index (χ4v) is 2.16. The van der Waals surface area contributed by atoms with E-state index in [0.717, 1.165) is 70.7 Å². The number of carbonyl (C=O) groups is 2. The Balaban J connectivity index is 3.14. The topological polar surface area (TPSA) is 72.2 Å². The third-order valence-electron chi connectivity index (χ3n) is 3.43. The van der Waals surface area contributed by atoms with Crippen molar-refractivity contribution in [3.8, 4) is 0 Å². The maximum absolute atomic E-state index is 11.5. The minimum absolute atomic E-state index is 0.185. The number of nitrogens with two attached hydrogens (primary N) is 1. The van der Waals surface area contributed by atoms with E-state index in [1.54, 1.807) is 0 Å². The van der Waals surface area contributed by atoms with Crippen molar-refractivity contribution in [2.45, 2.75) is 77.0 Å². The summed E-state index contributed by atoms with van der Waals surface area (Å²) >= 11 is 0. The van der Waals surface area contributed by atoms with Crippen LogP contribution in [0, 0.1) is 0 Å². The van der Waals surface area contributed by atoms with E-state index in [1.807, 2.05) is 0 Å². The zero-order valence-electron chi connectivity index (χ0n) is 12.9. The van der Waals surface area contributed by atoms with Crippen LogP contribution in [0.5, 0.6) is 0 Å². The Labute approximate surface area is 123 Å². The molecule has 20 heavy (non-hydrogen) atoms. The van der Waals surface area contributed by atoms with Crippen LogP contribution >= 0.6 is 0 Å². The van der Waals surface area contributed by atoms with Gasteiger partial charge in [0.25, 0.3) is 0 Å². The third-order valence-corrected chi connectivity index (χ3v) is 3.43. The predicted octanol–water partition coefficient (Wildman–Crippen LogP) is 2.94. The van der Waals surface area contributed by atoms with Gasteiger partial charge in [-0.3, -0.25) is 4.79 Å². The first-order valence-corrected chi connectivity index (χ1v) is 8.21. The van der Waals surface area contributed by atoms with Crippen molar-refractivity contribution in [3.05, 3.63) is 0 Å². The Kier molecular flexibility index (Phi) is 15.4. The molecule has 118 valence electrons. The molecule has 4 heteroatoms. The second-order valence-corrected chi connectivity index (χ2v) is 5.38. The lowest BCUT2D eigenvalue weighted by Crippen LogP contribution is -2.23. The van der Waals surface area contributed by atoms with Crippen molar-refractivity contribution < 1.29 is 9.59 Å². The lowest BCUT2D eigenvalue weighted by Gasteiger charge is -2.05. The van der Waals surface area contributed by atoms with Gasteiger partial charge in [-0.15, -0.1) is 0 Å². The zero-order valence-corrected chi connectivity index (χ0v) is 12.9. The summed E-state index contributed by atoms with van der Waals surface area (Å²) in [5.41, 5.74) is 5.42. The SMILES string of the molecule is NCCCCCCNC(=O)CCCCCCCCC=O. The summed E-state index contributed by atoms with van der Waals surface area (Å²) in [6, 6.07) is 0. The van der Waals surface area contributed by atoms with Gasteiger partial charge < -0.3 is 15.8 Å². The summed E-state index contributed by atoms with van der Waals surface area (Å²) in [5.74, 6) is 0.185. The molecule has 0 fully saturated rings. The van der Waals surface area contributed by atoms with Gasteiger partial charge in [-0.1, -0.05) is 38.5 Å². The summed E-state index contributed by atoms with van der Waals surface area (Å²) in [5, 5.41) is 2.97. The van der Waals surface area contributed by atoms with Gasteiger partial charge in [-0.05, 0) is 32.2 Å². The van der Waals surface area contributed by atoms with Crippen molar-refractivity contribution >= 4 is 12.2 Å². The first kappa shape index (κ1) is 19.1. The highest BCUT2D eigenvalue weighted by Crippen LogP contribution is 2.08. The van der Waals surface area contributed by atoms with Crippen LogP contribution in [0.3, 0.4) is 0 Å². The van der Waals surface area contributed by atoms with Gasteiger partial charge in [0.15, 0.2) is 0 Å². The molecule has 0 saturated heterocycles. The molecular weight excluding hydrogens is 252 g/mol. The van der Waals surface area contributed by atoms with Crippen molar-refractivity contribution in [1.29, 1.82) is 0 Å². The predicted molar refractivity (Wildman–Crippen MR) is 83.5 cm³/mol. The highest BCUT2D eigenvalue weighted by Gasteiger charge is 2.00. The summed E-state index contributed by atoms with van der Waals surface area (Å²) in [7, 11) is 0. The van der Waals surface area contributed by atoms with Gasteiger partial charge in [0, 0.05) is 19.4 Å². The number of hydrogen-bond acceptors (Lipinski definition) is 3. The number of nitrogens with one attached hydrogen (secondary N) is 1. The Bertz CT molecular complexity index is 233. The maximum Gasteiger partial charge on any atom is 0.219 e. The highest BCUT2D eigenvalue weighted by atomic mass is 16.1. The number of amides is 1. The molecule has 0 aliphatic carbocycles. The molecule has 0 heterocycles. The first-order chi connectivity index (χ1) is 9.81. The molecule has 0 aliphatic rings. The molecule has 0 rings (SSSR count). The second kappa shape index (κ2) is 16.2. The fourth-order valence-electron chi connectivity index (χ4n) is 2.16. The van der Waals surface area contributed by atoms with Crippen molar-refractivity contribution in [2.75, 3.05) is 13.1 Å². The Morgan fingerprint density at radius 1 is 0.850 bits per heavy atom. The molecule has 0 spiro atoms. The van der Waals surface area contributed by atoms with E-state index in [-0.39, 0.29) is 5.91 Å². The van der Waals surface area contributed by atoms with E-state index in [2.05, 4.69) is 5.32 Å². The van der Waals surface area contributed by atoms with Crippen LogP contribution in [-0.4, -0.2) is 25.3 Å².